The van der Waals surface area contributed by atoms with Gasteiger partial charge in [0, 0.05) is 18.3 Å². The van der Waals surface area contributed by atoms with Crippen molar-refractivity contribution in [3.05, 3.63) is 95.6 Å². The Morgan fingerprint density at radius 2 is 1.90 bits per heavy atom. The maximum Gasteiger partial charge on any atom is 0.355 e. The second-order valence-corrected chi connectivity index (χ2v) is 6.77. The molecular weight excluding hydrogens is 366 g/mol. The van der Waals surface area contributed by atoms with Crippen LogP contribution in [-0.4, -0.2) is 20.7 Å². The Balaban J connectivity index is 1.36. The minimum Gasteiger partial charge on any atom is -0.451 e. The van der Waals surface area contributed by atoms with Gasteiger partial charge in [-0.3, -0.25) is 0 Å². The first-order valence-electron chi connectivity index (χ1n) is 9.44. The van der Waals surface area contributed by atoms with Gasteiger partial charge in [-0.15, -0.1) is 10.2 Å². The number of carbonyl (C=O) groups excluding carboxylic acids is 1. The van der Waals surface area contributed by atoms with E-state index >= 15 is 0 Å². The van der Waals surface area contributed by atoms with Crippen molar-refractivity contribution in [2.45, 2.75) is 26.5 Å². The van der Waals surface area contributed by atoms with Crippen molar-refractivity contribution in [3.63, 3.8) is 0 Å². The first-order valence-corrected chi connectivity index (χ1v) is 9.44. The van der Waals surface area contributed by atoms with Gasteiger partial charge in [0.2, 0.25) is 5.89 Å². The molecule has 0 aliphatic heterocycles. The van der Waals surface area contributed by atoms with Gasteiger partial charge in [-0.2, -0.15) is 0 Å². The van der Waals surface area contributed by atoms with Gasteiger partial charge in [-0.25, -0.2) is 4.79 Å². The maximum atomic E-state index is 12.5. The smallest absolute Gasteiger partial charge is 0.355 e. The molecule has 0 aliphatic carbocycles. The lowest BCUT2D eigenvalue weighted by Crippen LogP contribution is -2.13. The summed E-state index contributed by atoms with van der Waals surface area (Å²) in [6.07, 6.45) is 2.71. The summed E-state index contributed by atoms with van der Waals surface area (Å²) in [5, 5.41) is 8.01. The van der Waals surface area contributed by atoms with Crippen LogP contribution < -0.4 is 0 Å². The minimum absolute atomic E-state index is 0.0679. The van der Waals surface area contributed by atoms with Crippen LogP contribution in [-0.2, 0) is 24.3 Å². The zero-order chi connectivity index (χ0) is 20.1. The fourth-order valence-corrected chi connectivity index (χ4v) is 3.10. The lowest BCUT2D eigenvalue weighted by molar-refractivity contribution is 0.0426. The lowest BCUT2D eigenvalue weighted by atomic mass is 10.1. The quantitative estimate of drug-likeness (QED) is 0.438. The van der Waals surface area contributed by atoms with Gasteiger partial charge in [0.15, 0.2) is 6.61 Å². The van der Waals surface area contributed by atoms with Crippen molar-refractivity contribution in [3.8, 4) is 11.5 Å². The third-order valence-electron chi connectivity index (χ3n) is 4.58. The first-order chi connectivity index (χ1) is 14.2. The van der Waals surface area contributed by atoms with Crippen LogP contribution >= 0.6 is 0 Å². The van der Waals surface area contributed by atoms with E-state index in [0.717, 1.165) is 17.5 Å². The Kier molecular flexibility index (Phi) is 5.52. The molecule has 146 valence electrons. The van der Waals surface area contributed by atoms with Gasteiger partial charge in [0.05, 0.1) is 0 Å². The number of aromatic nitrogens is 3. The molecule has 6 nitrogen and oxygen atoms in total. The molecule has 2 aromatic carbocycles. The molecular formula is C23H21N3O3. The summed E-state index contributed by atoms with van der Waals surface area (Å²) >= 11 is 0. The van der Waals surface area contributed by atoms with Crippen molar-refractivity contribution in [1.82, 2.24) is 14.8 Å². The van der Waals surface area contributed by atoms with Crippen molar-refractivity contribution >= 4 is 5.97 Å². The molecule has 4 rings (SSSR count). The molecule has 0 bridgehead atoms. The van der Waals surface area contributed by atoms with Crippen LogP contribution in [0.5, 0.6) is 0 Å². The number of hydrogen-bond donors (Lipinski definition) is 0. The number of hydrogen-bond acceptors (Lipinski definition) is 5. The molecule has 0 radical (unpaired) electrons. The number of ether oxygens (including phenoxy) is 1. The average molecular weight is 387 g/mol. The summed E-state index contributed by atoms with van der Waals surface area (Å²) in [6.45, 7) is 2.62. The van der Waals surface area contributed by atoms with Crippen molar-refractivity contribution in [1.29, 1.82) is 0 Å². The van der Waals surface area contributed by atoms with Gasteiger partial charge in [0.1, 0.15) is 5.69 Å². The average Bonchev–Trinajstić information content (AvgIpc) is 3.41. The molecule has 0 amide bonds. The Morgan fingerprint density at radius 1 is 1.03 bits per heavy atom. The third kappa shape index (κ3) is 4.60. The predicted molar refractivity (Wildman–Crippen MR) is 108 cm³/mol. The molecule has 6 heteroatoms. The highest BCUT2D eigenvalue weighted by Gasteiger charge is 2.15. The highest BCUT2D eigenvalue weighted by atomic mass is 16.5. The Morgan fingerprint density at radius 3 is 2.72 bits per heavy atom. The zero-order valence-electron chi connectivity index (χ0n) is 16.1. The summed E-state index contributed by atoms with van der Waals surface area (Å²) in [5.74, 6) is 0.251. The SMILES string of the molecule is Cc1cccc(-c2nnc(COC(=O)c3cccn3CCc3ccccc3)o2)c1. The fourth-order valence-electron chi connectivity index (χ4n) is 3.10. The lowest BCUT2D eigenvalue weighted by Gasteiger charge is -2.08. The monoisotopic (exact) mass is 387 g/mol. The van der Waals surface area contributed by atoms with Crippen LogP contribution in [0.15, 0.2) is 77.3 Å². The largest absolute Gasteiger partial charge is 0.451 e. The highest BCUT2D eigenvalue weighted by molar-refractivity contribution is 5.87. The Hall–Kier alpha value is -3.67. The van der Waals surface area contributed by atoms with Gasteiger partial charge in [0.25, 0.3) is 5.89 Å². The van der Waals surface area contributed by atoms with Gasteiger partial charge < -0.3 is 13.7 Å². The van der Waals surface area contributed by atoms with E-state index in [2.05, 4.69) is 22.3 Å². The third-order valence-corrected chi connectivity index (χ3v) is 4.58. The van der Waals surface area contributed by atoms with Crippen molar-refractivity contribution in [2.24, 2.45) is 0 Å². The van der Waals surface area contributed by atoms with Crippen LogP contribution in [0.1, 0.15) is 27.5 Å². The van der Waals surface area contributed by atoms with E-state index in [1.807, 2.05) is 66.2 Å². The Labute approximate surface area is 168 Å². The van der Waals surface area contributed by atoms with Crippen LogP contribution in [0.3, 0.4) is 0 Å². The van der Waals surface area contributed by atoms with Crippen LogP contribution in [0.25, 0.3) is 11.5 Å². The topological polar surface area (TPSA) is 70.2 Å². The molecule has 2 aromatic heterocycles. The fraction of sp³-hybridized carbons (Fsp3) is 0.174. The molecule has 4 aromatic rings. The summed E-state index contributed by atoms with van der Waals surface area (Å²) in [4.78, 5) is 12.5. The molecule has 0 N–H and O–H groups in total. The van der Waals surface area contributed by atoms with Crippen molar-refractivity contribution in [2.75, 3.05) is 0 Å². The number of carbonyl (C=O) groups is 1. The van der Waals surface area contributed by atoms with E-state index in [1.54, 1.807) is 6.07 Å². The molecule has 0 fully saturated rings. The summed E-state index contributed by atoms with van der Waals surface area (Å²) < 4.78 is 12.9. The maximum absolute atomic E-state index is 12.5. The molecule has 0 atom stereocenters. The second kappa shape index (κ2) is 8.56. The highest BCUT2D eigenvalue weighted by Crippen LogP contribution is 2.19. The van der Waals surface area contributed by atoms with Crippen LogP contribution in [0.2, 0.25) is 0 Å². The zero-order valence-corrected chi connectivity index (χ0v) is 16.1. The second-order valence-electron chi connectivity index (χ2n) is 6.77. The number of benzene rings is 2. The standard InChI is InChI=1S/C23H21N3O3/c1-17-7-5-10-19(15-17)22-25-24-21(29-22)16-28-23(27)20-11-6-13-26(20)14-12-18-8-3-2-4-9-18/h2-11,13,15H,12,14,16H2,1H3. The van der Waals surface area contributed by atoms with E-state index in [1.165, 1.54) is 5.56 Å². The molecule has 0 saturated carbocycles. The van der Waals surface area contributed by atoms with E-state index in [-0.39, 0.29) is 12.5 Å². The van der Waals surface area contributed by atoms with E-state index in [9.17, 15) is 4.79 Å². The van der Waals surface area contributed by atoms with Crippen LogP contribution in [0.4, 0.5) is 0 Å². The summed E-state index contributed by atoms with van der Waals surface area (Å²) in [7, 11) is 0. The number of esters is 1. The van der Waals surface area contributed by atoms with E-state index in [0.29, 0.717) is 18.1 Å². The van der Waals surface area contributed by atoms with Gasteiger partial charge in [-0.1, -0.05) is 48.0 Å². The molecule has 2 heterocycles. The normalized spacial score (nSPS) is 10.8. The number of rotatable bonds is 7. The van der Waals surface area contributed by atoms with Gasteiger partial charge in [-0.05, 0) is 43.2 Å². The predicted octanol–water partition coefficient (Wildman–Crippen LogP) is 4.45. The molecule has 29 heavy (non-hydrogen) atoms. The van der Waals surface area contributed by atoms with Crippen molar-refractivity contribution < 1.29 is 13.9 Å². The molecule has 0 saturated heterocycles. The molecule has 0 aliphatic rings. The first kappa shape index (κ1) is 18.7. The summed E-state index contributed by atoms with van der Waals surface area (Å²) in [5.41, 5.74) is 3.66. The minimum atomic E-state index is -0.418. The summed E-state index contributed by atoms with van der Waals surface area (Å²) in [6, 6.07) is 21.5. The molecule has 0 unspecified atom stereocenters. The van der Waals surface area contributed by atoms with Gasteiger partial charge >= 0.3 is 5.97 Å². The number of aryl methyl sites for hydroxylation is 3. The molecule has 0 spiro atoms. The van der Waals surface area contributed by atoms with Crippen LogP contribution in [0, 0.1) is 6.92 Å². The number of nitrogens with zero attached hydrogens (tertiary/aromatic N) is 3. The van der Waals surface area contributed by atoms with E-state index < -0.39 is 5.97 Å². The van der Waals surface area contributed by atoms with E-state index in [4.69, 9.17) is 9.15 Å². The Bertz CT molecular complexity index is 1100.